The maximum atomic E-state index is 6.05. The van der Waals surface area contributed by atoms with E-state index in [2.05, 4.69) is 22.2 Å². The molecule has 0 radical (unpaired) electrons. The van der Waals surface area contributed by atoms with Gasteiger partial charge in [-0.15, -0.1) is 11.3 Å². The van der Waals surface area contributed by atoms with Gasteiger partial charge in [0.15, 0.2) is 5.17 Å². The fraction of sp³-hybridized carbons (Fsp3) is 0.333. The number of thioether (sulfide) groups is 1. The molecule has 0 aliphatic carbocycles. The van der Waals surface area contributed by atoms with Gasteiger partial charge in [0.05, 0.1) is 12.2 Å². The van der Waals surface area contributed by atoms with Crippen LogP contribution in [0.2, 0.25) is 0 Å². The smallest absolute Gasteiger partial charge is 0.173 e. The summed E-state index contributed by atoms with van der Waals surface area (Å²) in [7, 11) is 0. The molecule has 0 spiro atoms. The summed E-state index contributed by atoms with van der Waals surface area (Å²) in [4.78, 5) is 11.3. The van der Waals surface area contributed by atoms with E-state index in [0.717, 1.165) is 28.0 Å². The summed E-state index contributed by atoms with van der Waals surface area (Å²) >= 11 is 3.30. The number of aliphatic imine (C=N–C) groups is 1. The van der Waals surface area contributed by atoms with Gasteiger partial charge in [0.1, 0.15) is 5.01 Å². The second-order valence-electron chi connectivity index (χ2n) is 4.35. The fourth-order valence-electron chi connectivity index (χ4n) is 2.03. The molecule has 6 heteroatoms. The van der Waals surface area contributed by atoms with Crippen LogP contribution in [-0.4, -0.2) is 27.6 Å². The first-order chi connectivity index (χ1) is 8.66. The Hall–Kier alpha value is -1.11. The second kappa shape index (κ2) is 4.53. The molecule has 1 atom stereocenters. The molecule has 2 N–H and O–H groups in total. The zero-order valence-electron chi connectivity index (χ0n) is 10.3. The van der Waals surface area contributed by atoms with Crippen molar-refractivity contribution < 1.29 is 0 Å². The van der Waals surface area contributed by atoms with Crippen LogP contribution in [0.3, 0.4) is 0 Å². The quantitative estimate of drug-likeness (QED) is 0.903. The number of rotatable bonds is 2. The Labute approximate surface area is 114 Å². The molecular weight excluding hydrogens is 264 g/mol. The largest absolute Gasteiger partial charge is 0.323 e. The first-order valence-electron chi connectivity index (χ1n) is 5.75. The van der Waals surface area contributed by atoms with Crippen molar-refractivity contribution in [2.24, 2.45) is 10.7 Å². The van der Waals surface area contributed by atoms with Crippen molar-refractivity contribution in [3.63, 3.8) is 0 Å². The minimum atomic E-state index is -0.0694. The molecule has 0 saturated heterocycles. The van der Waals surface area contributed by atoms with Gasteiger partial charge in [0, 0.05) is 28.9 Å². The first-order valence-corrected chi connectivity index (χ1v) is 7.51. The number of thiazole rings is 1. The Bertz CT molecular complexity index is 555. The van der Waals surface area contributed by atoms with Gasteiger partial charge in [-0.05, 0) is 19.3 Å². The summed E-state index contributed by atoms with van der Waals surface area (Å²) in [5.74, 6) is 0. The average molecular weight is 278 g/mol. The van der Waals surface area contributed by atoms with E-state index >= 15 is 0 Å². The Morgan fingerprint density at radius 3 is 3.00 bits per heavy atom. The molecule has 3 heterocycles. The van der Waals surface area contributed by atoms with Crippen LogP contribution >= 0.6 is 23.1 Å². The molecule has 0 amide bonds. The number of aromatic nitrogens is 1. The first kappa shape index (κ1) is 12.0. The third-order valence-corrected chi connectivity index (χ3v) is 4.77. The molecule has 0 fully saturated rings. The van der Waals surface area contributed by atoms with Crippen LogP contribution in [0, 0.1) is 0 Å². The lowest BCUT2D eigenvalue weighted by molar-refractivity contribution is 0.580. The van der Waals surface area contributed by atoms with Crippen molar-refractivity contribution in [3.05, 3.63) is 33.4 Å². The fourth-order valence-corrected chi connectivity index (χ4v) is 3.60. The van der Waals surface area contributed by atoms with Crippen LogP contribution in [0.25, 0.3) is 5.57 Å². The van der Waals surface area contributed by atoms with E-state index in [9.17, 15) is 0 Å². The van der Waals surface area contributed by atoms with Crippen molar-refractivity contribution in [2.45, 2.75) is 19.9 Å². The minimum Gasteiger partial charge on any atom is -0.323 e. The number of nitrogens with two attached hydrogens (primary N) is 1. The average Bonchev–Trinajstić information content (AvgIpc) is 2.98. The molecule has 4 nitrogen and oxygen atoms in total. The Kier molecular flexibility index (Phi) is 3.01. The lowest BCUT2D eigenvalue weighted by Gasteiger charge is -2.28. The summed E-state index contributed by atoms with van der Waals surface area (Å²) in [5, 5.41) is 6.17. The topological polar surface area (TPSA) is 54.5 Å². The lowest BCUT2D eigenvalue weighted by Crippen LogP contribution is -2.32. The van der Waals surface area contributed by atoms with Gasteiger partial charge < -0.3 is 10.6 Å². The SMILES string of the molecule is CC1=CSC2=NC(C(C)N)=C(c3nccs3)CN12. The van der Waals surface area contributed by atoms with Crippen molar-refractivity contribution in [1.29, 1.82) is 0 Å². The predicted molar refractivity (Wildman–Crippen MR) is 78.2 cm³/mol. The number of nitrogens with zero attached hydrogens (tertiary/aromatic N) is 3. The Morgan fingerprint density at radius 1 is 1.50 bits per heavy atom. The van der Waals surface area contributed by atoms with Gasteiger partial charge in [-0.25, -0.2) is 9.98 Å². The number of fused-ring (bicyclic) bond motifs is 1. The van der Waals surface area contributed by atoms with Gasteiger partial charge in [-0.1, -0.05) is 11.8 Å². The van der Waals surface area contributed by atoms with Crippen LogP contribution in [0.15, 0.2) is 33.4 Å². The van der Waals surface area contributed by atoms with E-state index in [1.165, 1.54) is 5.70 Å². The Balaban J connectivity index is 2.07. The molecule has 0 saturated carbocycles. The van der Waals surface area contributed by atoms with E-state index in [1.54, 1.807) is 23.1 Å². The highest BCUT2D eigenvalue weighted by Gasteiger charge is 2.29. The molecule has 1 unspecified atom stereocenters. The Morgan fingerprint density at radius 2 is 2.33 bits per heavy atom. The summed E-state index contributed by atoms with van der Waals surface area (Å²) in [5.41, 5.74) is 9.40. The van der Waals surface area contributed by atoms with Crippen LogP contribution in [0.4, 0.5) is 0 Å². The highest BCUT2D eigenvalue weighted by atomic mass is 32.2. The molecule has 2 aliphatic heterocycles. The lowest BCUT2D eigenvalue weighted by atomic mass is 10.1. The molecule has 0 aromatic carbocycles. The molecular formula is C12H14N4S2. The summed E-state index contributed by atoms with van der Waals surface area (Å²) in [6.45, 7) is 4.90. The van der Waals surface area contributed by atoms with Crippen molar-refractivity contribution >= 4 is 33.8 Å². The van der Waals surface area contributed by atoms with Crippen LogP contribution in [-0.2, 0) is 0 Å². The maximum absolute atomic E-state index is 6.05. The molecule has 1 aromatic heterocycles. The third-order valence-electron chi connectivity index (χ3n) is 2.95. The maximum Gasteiger partial charge on any atom is 0.173 e. The van der Waals surface area contributed by atoms with Crippen LogP contribution < -0.4 is 5.73 Å². The molecule has 1 aromatic rings. The highest BCUT2D eigenvalue weighted by molar-refractivity contribution is 8.16. The van der Waals surface area contributed by atoms with Gasteiger partial charge in [-0.2, -0.15) is 0 Å². The van der Waals surface area contributed by atoms with Gasteiger partial charge in [-0.3, -0.25) is 0 Å². The standard InChI is InChI=1S/C12H14N4S2/c1-7-6-18-12-15-10(8(2)13)9(5-16(7)12)11-14-3-4-17-11/h3-4,6,8H,5,13H2,1-2H3. The zero-order chi connectivity index (χ0) is 12.7. The third kappa shape index (κ3) is 1.90. The van der Waals surface area contributed by atoms with Gasteiger partial charge in [0.25, 0.3) is 0 Å². The molecule has 3 rings (SSSR count). The second-order valence-corrected chi connectivity index (χ2v) is 6.08. The van der Waals surface area contributed by atoms with Crippen LogP contribution in [0.5, 0.6) is 0 Å². The van der Waals surface area contributed by atoms with E-state index < -0.39 is 0 Å². The van der Waals surface area contributed by atoms with Gasteiger partial charge in [0.2, 0.25) is 0 Å². The predicted octanol–water partition coefficient (Wildman–Crippen LogP) is 2.48. The minimum absolute atomic E-state index is 0.0694. The number of hydrogen-bond donors (Lipinski definition) is 1. The van der Waals surface area contributed by atoms with E-state index in [-0.39, 0.29) is 6.04 Å². The summed E-state index contributed by atoms with van der Waals surface area (Å²) < 4.78 is 0. The summed E-state index contributed by atoms with van der Waals surface area (Å²) in [6.07, 6.45) is 1.83. The molecule has 0 bridgehead atoms. The van der Waals surface area contributed by atoms with Crippen LogP contribution in [0.1, 0.15) is 18.9 Å². The van der Waals surface area contributed by atoms with E-state index in [4.69, 9.17) is 10.7 Å². The summed E-state index contributed by atoms with van der Waals surface area (Å²) in [6, 6.07) is -0.0694. The number of amidine groups is 1. The van der Waals surface area contributed by atoms with E-state index in [1.807, 2.05) is 18.5 Å². The highest BCUT2D eigenvalue weighted by Crippen LogP contribution is 2.36. The number of allylic oxidation sites excluding steroid dienone is 1. The number of hydrogen-bond acceptors (Lipinski definition) is 6. The monoisotopic (exact) mass is 278 g/mol. The molecule has 94 valence electrons. The van der Waals surface area contributed by atoms with Gasteiger partial charge >= 0.3 is 0 Å². The molecule has 18 heavy (non-hydrogen) atoms. The van der Waals surface area contributed by atoms with E-state index in [0.29, 0.717) is 0 Å². The zero-order valence-corrected chi connectivity index (χ0v) is 11.9. The van der Waals surface area contributed by atoms with Crippen molar-refractivity contribution in [3.8, 4) is 0 Å². The van der Waals surface area contributed by atoms with Crippen molar-refractivity contribution in [1.82, 2.24) is 9.88 Å². The normalized spacial score (nSPS) is 20.7. The molecule has 2 aliphatic rings. The van der Waals surface area contributed by atoms with Crippen molar-refractivity contribution in [2.75, 3.05) is 6.54 Å².